The Morgan fingerprint density at radius 3 is 1.13 bits per heavy atom. The first-order valence-corrected chi connectivity index (χ1v) is 35.7. The molecule has 512 valence electrons. The molecular weight excluding hydrogens is 1370 g/mol. The Balaban J connectivity index is 0.000000122. The number of rotatable bonds is 14. The van der Waals surface area contributed by atoms with Crippen molar-refractivity contribution in [2.45, 2.75) is 20.8 Å². The van der Waals surface area contributed by atoms with E-state index < -0.39 is 0 Å². The van der Waals surface area contributed by atoms with Crippen LogP contribution >= 0.6 is 45.3 Å². The highest BCUT2D eigenvalue weighted by molar-refractivity contribution is 7.20. The quantitative estimate of drug-likeness (QED) is 0.0740. The molecular formula is C85H64O14S4. The SMILES string of the molecule is CCOC(=O)c1cccc(-c2ccc(-c3cc(=O)oc4ccccc34)s2)c1.COc1ccc2c(-c3ccc(-c4cccc(C)c4)s3)cc(=O)oc2c1.COc1ccc2c(-c3ccc(-c4ccccc4C)s3)cc(=O)oc2c1.COc1cccc(-c2ccc(-c3cc(=O)oc4cc(OC)ccc34)s2)c1. The second kappa shape index (κ2) is 31.3. The van der Waals surface area contributed by atoms with Gasteiger partial charge in [-0.2, -0.15) is 0 Å². The summed E-state index contributed by atoms with van der Waals surface area (Å²) in [6, 6.07) is 78.6. The molecule has 0 amide bonds. The lowest BCUT2D eigenvalue weighted by Gasteiger charge is -2.05. The average Bonchev–Trinajstić information content (AvgIpc) is 1.76. The van der Waals surface area contributed by atoms with E-state index in [9.17, 15) is 24.0 Å². The molecule has 14 nitrogen and oxygen atoms in total. The van der Waals surface area contributed by atoms with Crippen molar-refractivity contribution in [3.8, 4) is 107 Å². The maximum absolute atomic E-state index is 12.0. The van der Waals surface area contributed by atoms with Crippen molar-refractivity contribution in [2.75, 3.05) is 35.0 Å². The zero-order valence-electron chi connectivity index (χ0n) is 56.7. The Labute approximate surface area is 606 Å². The summed E-state index contributed by atoms with van der Waals surface area (Å²) in [6.45, 7) is 6.32. The zero-order valence-corrected chi connectivity index (χ0v) is 60.0. The van der Waals surface area contributed by atoms with Crippen LogP contribution in [0.1, 0.15) is 28.4 Å². The first kappa shape index (κ1) is 69.5. The van der Waals surface area contributed by atoms with E-state index >= 15 is 0 Å². The van der Waals surface area contributed by atoms with Crippen molar-refractivity contribution < 1.29 is 46.1 Å². The molecule has 0 N–H and O–H groups in total. The normalized spacial score (nSPS) is 10.9. The smallest absolute Gasteiger partial charge is 0.338 e. The van der Waals surface area contributed by atoms with Gasteiger partial charge in [-0.15, -0.1) is 45.3 Å². The molecule has 0 unspecified atom stereocenters. The van der Waals surface area contributed by atoms with Crippen LogP contribution in [-0.4, -0.2) is 41.0 Å². The molecule has 103 heavy (non-hydrogen) atoms. The minimum Gasteiger partial charge on any atom is -0.497 e. The van der Waals surface area contributed by atoms with Crippen molar-refractivity contribution in [2.24, 2.45) is 0 Å². The lowest BCUT2D eigenvalue weighted by molar-refractivity contribution is 0.0526. The van der Waals surface area contributed by atoms with Crippen LogP contribution in [0.15, 0.2) is 286 Å². The number of benzene rings is 8. The van der Waals surface area contributed by atoms with Crippen molar-refractivity contribution in [1.29, 1.82) is 0 Å². The fourth-order valence-corrected chi connectivity index (χ4v) is 15.9. The fraction of sp³-hybridized carbons (Fsp3) is 0.0941. The highest BCUT2D eigenvalue weighted by atomic mass is 32.1. The summed E-state index contributed by atoms with van der Waals surface area (Å²) in [5.74, 6) is 2.47. The predicted molar refractivity (Wildman–Crippen MR) is 417 cm³/mol. The minimum absolute atomic E-state index is 0.331. The van der Waals surface area contributed by atoms with E-state index in [0.29, 0.717) is 51.8 Å². The standard InChI is InChI=1S/C22H16O4S.C21H16O4S.2C21H16O3S/c1-2-25-22(24)15-7-5-6-14(12-15)19-10-11-20(27-19)17-13-21(23)26-18-9-4-3-8-16(17)18;1-23-14-5-3-4-13(10-14)19-8-9-20(26-19)17-12-21(22)25-18-11-15(24-2)6-7-16(17)18;1-13-4-3-5-14(10-13)19-8-9-20(25-19)17-12-21(22)24-18-11-15(23-2)6-7-16(17)18;1-13-5-3-4-6-15(13)19-9-10-20(25-19)17-12-21(22)24-18-11-14(23-2)7-8-16(17)18/h3-13H,2H2,1H3;3-12H,1-2H3;2*3-12H,1-2H3. The third-order valence-corrected chi connectivity index (χ3v) is 21.4. The van der Waals surface area contributed by atoms with Gasteiger partial charge in [0, 0.05) is 125 Å². The molecule has 0 atom stereocenters. The molecule has 0 aliphatic carbocycles. The van der Waals surface area contributed by atoms with Gasteiger partial charge < -0.3 is 41.4 Å². The number of hydrogen-bond acceptors (Lipinski definition) is 18. The van der Waals surface area contributed by atoms with Gasteiger partial charge in [-0.25, -0.2) is 24.0 Å². The molecule has 0 radical (unpaired) electrons. The molecule has 0 saturated heterocycles. The average molecular weight is 1440 g/mol. The number of ether oxygens (including phenoxy) is 5. The summed E-state index contributed by atoms with van der Waals surface area (Å²) < 4.78 is 47.3. The first-order valence-electron chi connectivity index (χ1n) is 32.5. The maximum Gasteiger partial charge on any atom is 0.338 e. The van der Waals surface area contributed by atoms with E-state index in [1.807, 2.05) is 127 Å². The topological polar surface area (TPSA) is 184 Å². The van der Waals surface area contributed by atoms with Crippen molar-refractivity contribution in [3.05, 3.63) is 307 Å². The molecule has 0 saturated carbocycles. The number of para-hydroxylation sites is 1. The number of carbonyl (C=O) groups is 1. The van der Waals surface area contributed by atoms with Gasteiger partial charge in [0.05, 0.1) is 40.6 Å². The van der Waals surface area contributed by atoms with Gasteiger partial charge in [0.15, 0.2) is 0 Å². The van der Waals surface area contributed by atoms with Crippen LogP contribution in [0.2, 0.25) is 0 Å². The Kier molecular flexibility index (Phi) is 21.1. The van der Waals surface area contributed by atoms with Crippen LogP contribution in [-0.2, 0) is 4.74 Å². The predicted octanol–water partition coefficient (Wildman–Crippen LogP) is 21.6. The number of esters is 1. The molecule has 0 spiro atoms. The van der Waals surface area contributed by atoms with Crippen LogP contribution in [0, 0.1) is 13.8 Å². The van der Waals surface area contributed by atoms with Gasteiger partial charge in [-0.1, -0.05) is 96.6 Å². The second-order valence-corrected chi connectivity index (χ2v) is 27.7. The third-order valence-electron chi connectivity index (χ3n) is 16.7. The van der Waals surface area contributed by atoms with Crippen LogP contribution in [0.25, 0.3) is 127 Å². The molecule has 0 aliphatic heterocycles. The summed E-state index contributed by atoms with van der Waals surface area (Å²) in [5.41, 5.74) is 11.6. The van der Waals surface area contributed by atoms with Crippen LogP contribution < -0.4 is 41.4 Å². The number of carbonyl (C=O) groups excluding carboxylic acids is 1. The van der Waals surface area contributed by atoms with Gasteiger partial charge >= 0.3 is 28.5 Å². The second-order valence-electron chi connectivity index (χ2n) is 23.4. The molecule has 16 rings (SSSR count). The minimum atomic E-state index is -0.378. The molecule has 8 heterocycles. The number of hydrogen-bond donors (Lipinski definition) is 0. The lowest BCUT2D eigenvalue weighted by Crippen LogP contribution is -2.04. The van der Waals surface area contributed by atoms with Crippen LogP contribution in [0.5, 0.6) is 23.0 Å². The monoisotopic (exact) mass is 1440 g/mol. The Hall–Kier alpha value is -11.9. The Bertz CT molecular complexity index is 6040. The summed E-state index contributed by atoms with van der Waals surface area (Å²) in [7, 11) is 6.43. The zero-order chi connectivity index (χ0) is 71.7. The van der Waals surface area contributed by atoms with Crippen molar-refractivity contribution in [3.63, 3.8) is 0 Å². The molecule has 0 bridgehead atoms. The van der Waals surface area contributed by atoms with E-state index in [1.165, 1.54) is 44.1 Å². The van der Waals surface area contributed by atoms with Gasteiger partial charge in [0.1, 0.15) is 45.3 Å². The molecule has 0 aliphatic rings. The van der Waals surface area contributed by atoms with Crippen LogP contribution in [0.4, 0.5) is 0 Å². The summed E-state index contributed by atoms with van der Waals surface area (Å²) >= 11 is 6.53. The number of methoxy groups -OCH3 is 4. The van der Waals surface area contributed by atoms with Gasteiger partial charge in [-0.05, 0) is 164 Å². The van der Waals surface area contributed by atoms with Crippen molar-refractivity contribution in [1.82, 2.24) is 0 Å². The molecule has 16 aromatic rings. The maximum atomic E-state index is 12.0. The fourth-order valence-electron chi connectivity index (χ4n) is 11.7. The van der Waals surface area contributed by atoms with Gasteiger partial charge in [-0.3, -0.25) is 0 Å². The summed E-state index contributed by atoms with van der Waals surface area (Å²) in [4.78, 5) is 68.4. The largest absolute Gasteiger partial charge is 0.497 e. The van der Waals surface area contributed by atoms with Crippen molar-refractivity contribution >= 4 is 95.2 Å². The summed E-state index contributed by atoms with van der Waals surface area (Å²) in [6.07, 6.45) is 0. The van der Waals surface area contributed by atoms with E-state index in [-0.39, 0.29) is 28.5 Å². The number of fused-ring (bicyclic) bond motifs is 4. The molecule has 8 aromatic heterocycles. The number of thiophene rings is 4. The molecule has 0 fully saturated rings. The molecule has 8 aromatic carbocycles. The number of aryl methyl sites for hydroxylation is 2. The van der Waals surface area contributed by atoms with E-state index in [2.05, 4.69) is 80.6 Å². The highest BCUT2D eigenvalue weighted by Gasteiger charge is 2.18. The third kappa shape index (κ3) is 15.8. The lowest BCUT2D eigenvalue weighted by atomic mass is 10.1. The first-order chi connectivity index (χ1) is 50.1. The highest BCUT2D eigenvalue weighted by Crippen LogP contribution is 2.43. The Morgan fingerprint density at radius 1 is 0.320 bits per heavy atom. The van der Waals surface area contributed by atoms with Gasteiger partial charge in [0.2, 0.25) is 0 Å². The van der Waals surface area contributed by atoms with Gasteiger partial charge in [0.25, 0.3) is 0 Å². The summed E-state index contributed by atoms with van der Waals surface area (Å²) in [5, 5.41) is 3.58. The Morgan fingerprint density at radius 2 is 0.680 bits per heavy atom. The molecule has 18 heteroatoms. The van der Waals surface area contributed by atoms with E-state index in [0.717, 1.165) is 89.9 Å². The van der Waals surface area contributed by atoms with E-state index in [4.69, 9.17) is 41.4 Å². The van der Waals surface area contributed by atoms with Crippen LogP contribution in [0.3, 0.4) is 0 Å². The van der Waals surface area contributed by atoms with E-state index in [1.54, 1.807) is 123 Å².